The summed E-state index contributed by atoms with van der Waals surface area (Å²) in [5.74, 6) is -0.987. The molecule has 0 saturated carbocycles. The monoisotopic (exact) mass is 268 g/mol. The third kappa shape index (κ3) is 3.84. The van der Waals surface area contributed by atoms with Crippen molar-refractivity contribution in [2.75, 3.05) is 0 Å². The Labute approximate surface area is 112 Å². The fourth-order valence-electron chi connectivity index (χ4n) is 1.68. The van der Waals surface area contributed by atoms with Crippen molar-refractivity contribution in [1.82, 2.24) is 0 Å². The Morgan fingerprint density at radius 2 is 1.83 bits per heavy atom. The number of carboxylic acid groups (broad SMARTS) is 1. The first-order valence-electron chi connectivity index (χ1n) is 5.87. The highest BCUT2D eigenvalue weighted by atomic mass is 35.5. The van der Waals surface area contributed by atoms with Gasteiger partial charge in [0.25, 0.3) is 0 Å². The molecule has 0 radical (unpaired) electrons. The molecule has 0 aliphatic carbocycles. The minimum Gasteiger partial charge on any atom is -0.481 e. The Hall–Kier alpha value is -1.35. The third-order valence-electron chi connectivity index (χ3n) is 3.20. The fourth-order valence-corrected chi connectivity index (χ4v) is 1.81. The van der Waals surface area contributed by atoms with E-state index < -0.39 is 11.4 Å². The van der Waals surface area contributed by atoms with Crippen LogP contribution in [0.4, 0.5) is 0 Å². The molecule has 0 amide bonds. The molecule has 1 atom stereocenters. The van der Waals surface area contributed by atoms with Crippen molar-refractivity contribution in [2.24, 2.45) is 5.41 Å². The molecule has 1 aromatic rings. The van der Waals surface area contributed by atoms with Gasteiger partial charge in [0.15, 0.2) is 0 Å². The Morgan fingerprint density at radius 1 is 1.28 bits per heavy atom. The number of Topliss-reactive ketones (excluding diaryl/α,β-unsaturated/α-hetero) is 1. The van der Waals surface area contributed by atoms with Crippen molar-refractivity contribution in [3.63, 3.8) is 0 Å². The van der Waals surface area contributed by atoms with Gasteiger partial charge in [0.05, 0.1) is 5.41 Å². The molecule has 0 saturated heterocycles. The van der Waals surface area contributed by atoms with E-state index in [1.807, 2.05) is 0 Å². The summed E-state index contributed by atoms with van der Waals surface area (Å²) in [5, 5.41) is 9.73. The number of hydrogen-bond acceptors (Lipinski definition) is 2. The molecule has 0 aliphatic rings. The summed E-state index contributed by atoms with van der Waals surface area (Å²) in [6, 6.07) is 7.01. The summed E-state index contributed by atoms with van der Waals surface area (Å²) in [6.07, 6.45) is 0.746. The van der Waals surface area contributed by atoms with Gasteiger partial charge in [-0.3, -0.25) is 9.59 Å². The van der Waals surface area contributed by atoms with Crippen LogP contribution in [0.1, 0.15) is 32.3 Å². The van der Waals surface area contributed by atoms with Gasteiger partial charge in [-0.15, -0.1) is 0 Å². The predicted octanol–water partition coefficient (Wildman–Crippen LogP) is 3.34. The summed E-state index contributed by atoms with van der Waals surface area (Å²) in [6.45, 7) is 3.39. The van der Waals surface area contributed by atoms with Gasteiger partial charge in [0.1, 0.15) is 5.78 Å². The number of carboxylic acids is 1. The van der Waals surface area contributed by atoms with Gasteiger partial charge in [-0.25, -0.2) is 0 Å². The highest BCUT2D eigenvalue weighted by molar-refractivity contribution is 6.30. The third-order valence-corrected chi connectivity index (χ3v) is 3.45. The van der Waals surface area contributed by atoms with E-state index in [9.17, 15) is 9.59 Å². The second-order valence-corrected chi connectivity index (χ2v) is 5.17. The molecule has 0 aromatic heterocycles. The molecular weight excluding hydrogens is 252 g/mol. The Kier molecular flexibility index (Phi) is 4.91. The number of carbonyl (C=O) groups is 2. The van der Waals surface area contributed by atoms with Crippen LogP contribution in [0.25, 0.3) is 0 Å². The van der Waals surface area contributed by atoms with Gasteiger partial charge in [-0.2, -0.15) is 0 Å². The van der Waals surface area contributed by atoms with E-state index in [2.05, 4.69) is 0 Å². The summed E-state index contributed by atoms with van der Waals surface area (Å²) >= 11 is 5.76. The second kappa shape index (κ2) is 6.01. The Balaban J connectivity index is 2.66. The number of benzene rings is 1. The van der Waals surface area contributed by atoms with Crippen LogP contribution in [0.3, 0.4) is 0 Å². The zero-order valence-corrected chi connectivity index (χ0v) is 11.3. The minimum atomic E-state index is -0.969. The largest absolute Gasteiger partial charge is 0.481 e. The molecule has 0 aliphatic heterocycles. The average molecular weight is 269 g/mol. The summed E-state index contributed by atoms with van der Waals surface area (Å²) in [7, 11) is 0. The van der Waals surface area contributed by atoms with Crippen LogP contribution in [-0.4, -0.2) is 16.9 Å². The Bertz CT molecular complexity index is 439. The molecule has 0 heterocycles. The van der Waals surface area contributed by atoms with Crippen molar-refractivity contribution in [3.05, 3.63) is 34.9 Å². The van der Waals surface area contributed by atoms with Crippen LogP contribution in [0.2, 0.25) is 5.02 Å². The maximum absolute atomic E-state index is 11.9. The highest BCUT2D eigenvalue weighted by Crippen LogP contribution is 2.27. The number of halogens is 1. The second-order valence-electron chi connectivity index (χ2n) is 4.74. The topological polar surface area (TPSA) is 54.4 Å². The molecule has 98 valence electrons. The first-order chi connectivity index (χ1) is 8.37. The van der Waals surface area contributed by atoms with Crippen LogP contribution >= 0.6 is 11.6 Å². The predicted molar refractivity (Wildman–Crippen MR) is 70.8 cm³/mol. The molecule has 4 heteroatoms. The maximum atomic E-state index is 11.9. The highest BCUT2D eigenvalue weighted by Gasteiger charge is 2.33. The van der Waals surface area contributed by atoms with Crippen LogP contribution in [0.5, 0.6) is 0 Å². The summed E-state index contributed by atoms with van der Waals surface area (Å²) in [4.78, 5) is 23.0. The van der Waals surface area contributed by atoms with Crippen LogP contribution < -0.4 is 0 Å². The molecular formula is C14H17ClO3. The van der Waals surface area contributed by atoms with Crippen LogP contribution in [0.15, 0.2) is 24.3 Å². The number of hydrogen-bond donors (Lipinski definition) is 1. The van der Waals surface area contributed by atoms with E-state index in [-0.39, 0.29) is 18.6 Å². The van der Waals surface area contributed by atoms with Gasteiger partial charge in [-0.05, 0) is 31.0 Å². The van der Waals surface area contributed by atoms with Crippen molar-refractivity contribution in [2.45, 2.75) is 33.1 Å². The zero-order chi connectivity index (χ0) is 13.8. The van der Waals surface area contributed by atoms with E-state index in [1.165, 1.54) is 0 Å². The average Bonchev–Trinajstić information content (AvgIpc) is 2.31. The normalized spacial score (nSPS) is 13.9. The zero-order valence-electron chi connectivity index (χ0n) is 10.6. The smallest absolute Gasteiger partial charge is 0.309 e. The number of carbonyl (C=O) groups excluding carboxylic acids is 1. The minimum absolute atomic E-state index is 0.0570. The van der Waals surface area contributed by atoms with Gasteiger partial charge in [0.2, 0.25) is 0 Å². The molecule has 1 N–H and O–H groups in total. The quantitative estimate of drug-likeness (QED) is 0.861. The van der Waals surface area contributed by atoms with Gasteiger partial charge in [-0.1, -0.05) is 30.7 Å². The molecule has 0 fully saturated rings. The Morgan fingerprint density at radius 3 is 2.28 bits per heavy atom. The number of aliphatic carboxylic acids is 1. The molecule has 1 rings (SSSR count). The molecule has 0 unspecified atom stereocenters. The van der Waals surface area contributed by atoms with E-state index in [0.29, 0.717) is 11.4 Å². The van der Waals surface area contributed by atoms with Gasteiger partial charge >= 0.3 is 5.97 Å². The number of ketones is 1. The van der Waals surface area contributed by atoms with Crippen molar-refractivity contribution in [3.8, 4) is 0 Å². The number of rotatable bonds is 6. The van der Waals surface area contributed by atoms with Crippen molar-refractivity contribution < 1.29 is 14.7 Å². The fraction of sp³-hybridized carbons (Fsp3) is 0.429. The first kappa shape index (κ1) is 14.7. The lowest BCUT2D eigenvalue weighted by Crippen LogP contribution is -2.30. The molecule has 0 spiro atoms. The SMILES string of the molecule is CC[C@@](C)(CC(=O)Cc1ccc(Cl)cc1)C(=O)O. The van der Waals surface area contributed by atoms with Crippen LogP contribution in [0, 0.1) is 5.41 Å². The van der Waals surface area contributed by atoms with E-state index in [0.717, 1.165) is 5.56 Å². The molecule has 0 bridgehead atoms. The van der Waals surface area contributed by atoms with Crippen molar-refractivity contribution >= 4 is 23.4 Å². The molecule has 18 heavy (non-hydrogen) atoms. The van der Waals surface area contributed by atoms with E-state index >= 15 is 0 Å². The van der Waals surface area contributed by atoms with Crippen LogP contribution in [-0.2, 0) is 16.0 Å². The molecule has 1 aromatic carbocycles. The summed E-state index contributed by atoms with van der Waals surface area (Å²) in [5.41, 5.74) is -0.114. The van der Waals surface area contributed by atoms with E-state index in [4.69, 9.17) is 16.7 Å². The lowest BCUT2D eigenvalue weighted by molar-refractivity contribution is -0.150. The van der Waals surface area contributed by atoms with Crippen molar-refractivity contribution in [1.29, 1.82) is 0 Å². The van der Waals surface area contributed by atoms with Gasteiger partial charge < -0.3 is 5.11 Å². The molecule has 3 nitrogen and oxygen atoms in total. The lowest BCUT2D eigenvalue weighted by atomic mass is 9.81. The maximum Gasteiger partial charge on any atom is 0.309 e. The standard InChI is InChI=1S/C14H17ClO3/c1-3-14(2,13(17)18)9-12(16)8-10-4-6-11(15)7-5-10/h4-7H,3,8-9H2,1-2H3,(H,17,18)/t14-/m0/s1. The summed E-state index contributed by atoms with van der Waals surface area (Å²) < 4.78 is 0. The van der Waals surface area contributed by atoms with E-state index in [1.54, 1.807) is 38.1 Å². The first-order valence-corrected chi connectivity index (χ1v) is 6.25. The lowest BCUT2D eigenvalue weighted by Gasteiger charge is -2.21. The van der Waals surface area contributed by atoms with Gasteiger partial charge in [0, 0.05) is 17.9 Å².